The smallest absolute Gasteiger partial charge is 0.279 e. The van der Waals surface area contributed by atoms with E-state index in [1.165, 1.54) is 25.6 Å². The first kappa shape index (κ1) is 20.7. The lowest BCUT2D eigenvalue weighted by molar-refractivity contribution is -0.124. The van der Waals surface area contributed by atoms with Crippen LogP contribution in [0, 0.1) is 6.92 Å². The SMILES string of the molecule is COc1ccc(C(=O)N=c2sc(C)cn2[C@H](C)C(=O)NC(C)C)cc1OC. The van der Waals surface area contributed by atoms with E-state index >= 15 is 0 Å². The molecule has 146 valence electrons. The average Bonchev–Trinajstić information content (AvgIpc) is 2.99. The molecule has 0 spiro atoms. The van der Waals surface area contributed by atoms with Gasteiger partial charge in [-0.05, 0) is 45.9 Å². The molecule has 0 radical (unpaired) electrons. The van der Waals surface area contributed by atoms with Crippen molar-refractivity contribution >= 4 is 23.2 Å². The molecule has 0 unspecified atom stereocenters. The van der Waals surface area contributed by atoms with Crippen molar-refractivity contribution in [1.82, 2.24) is 9.88 Å². The van der Waals surface area contributed by atoms with E-state index < -0.39 is 11.9 Å². The fraction of sp³-hybridized carbons (Fsp3) is 0.421. The van der Waals surface area contributed by atoms with Crippen molar-refractivity contribution in [2.75, 3.05) is 14.2 Å². The standard InChI is InChI=1S/C19H25N3O4S/c1-11(2)20-17(23)13(4)22-10-12(3)27-19(22)21-18(24)14-7-8-15(25-5)16(9-14)26-6/h7-11,13H,1-6H3,(H,20,23)/t13-/m1/s1. The molecule has 1 N–H and O–H groups in total. The molecule has 1 heterocycles. The van der Waals surface area contributed by atoms with Crippen molar-refractivity contribution < 1.29 is 19.1 Å². The number of carbonyl (C=O) groups is 2. The zero-order chi connectivity index (χ0) is 20.1. The van der Waals surface area contributed by atoms with Gasteiger partial charge in [0.1, 0.15) is 6.04 Å². The summed E-state index contributed by atoms with van der Waals surface area (Å²) in [5.41, 5.74) is 0.379. The second-order valence-electron chi connectivity index (χ2n) is 6.36. The molecule has 2 rings (SSSR count). The highest BCUT2D eigenvalue weighted by atomic mass is 32.1. The first-order chi connectivity index (χ1) is 12.8. The number of nitrogens with one attached hydrogen (secondary N) is 1. The summed E-state index contributed by atoms with van der Waals surface area (Å²) in [4.78, 5) is 30.6. The monoisotopic (exact) mass is 391 g/mol. The summed E-state index contributed by atoms with van der Waals surface area (Å²) < 4.78 is 12.1. The molecule has 0 fully saturated rings. The van der Waals surface area contributed by atoms with Crippen LogP contribution in [0.3, 0.4) is 0 Å². The Bertz CT molecular complexity index is 899. The first-order valence-electron chi connectivity index (χ1n) is 8.56. The molecule has 0 saturated heterocycles. The lowest BCUT2D eigenvalue weighted by Crippen LogP contribution is -2.38. The van der Waals surface area contributed by atoms with Crippen molar-refractivity contribution in [2.24, 2.45) is 4.99 Å². The first-order valence-corrected chi connectivity index (χ1v) is 9.38. The Kier molecular flexibility index (Phi) is 6.79. The van der Waals surface area contributed by atoms with Crippen LogP contribution in [0.4, 0.5) is 0 Å². The zero-order valence-corrected chi connectivity index (χ0v) is 17.2. The summed E-state index contributed by atoms with van der Waals surface area (Å²) in [5, 5.41) is 2.88. The molecule has 0 aliphatic heterocycles. The molecule has 2 aromatic rings. The molecular formula is C19H25N3O4S. The van der Waals surface area contributed by atoms with E-state index in [9.17, 15) is 9.59 Å². The normalized spacial score (nSPS) is 12.8. The maximum atomic E-state index is 12.6. The van der Waals surface area contributed by atoms with Crippen LogP contribution in [-0.2, 0) is 4.79 Å². The highest BCUT2D eigenvalue weighted by Gasteiger charge is 2.18. The molecule has 1 atom stereocenters. The Morgan fingerprint density at radius 2 is 1.81 bits per heavy atom. The van der Waals surface area contributed by atoms with E-state index in [-0.39, 0.29) is 11.9 Å². The van der Waals surface area contributed by atoms with E-state index in [1.54, 1.807) is 29.7 Å². The largest absolute Gasteiger partial charge is 0.493 e. The van der Waals surface area contributed by atoms with Crippen LogP contribution < -0.4 is 19.6 Å². The lowest BCUT2D eigenvalue weighted by atomic mass is 10.2. The summed E-state index contributed by atoms with van der Waals surface area (Å²) >= 11 is 1.36. The second kappa shape index (κ2) is 8.85. The molecule has 7 nitrogen and oxygen atoms in total. The van der Waals surface area contributed by atoms with Gasteiger partial charge in [0.15, 0.2) is 16.3 Å². The minimum atomic E-state index is -0.477. The maximum absolute atomic E-state index is 12.6. The average molecular weight is 391 g/mol. The predicted octanol–water partition coefficient (Wildman–Crippen LogP) is 2.70. The Morgan fingerprint density at radius 1 is 1.15 bits per heavy atom. The number of methoxy groups -OCH3 is 2. The van der Waals surface area contributed by atoms with E-state index in [0.29, 0.717) is 21.9 Å². The number of carbonyl (C=O) groups excluding carboxylic acids is 2. The quantitative estimate of drug-likeness (QED) is 0.821. The highest BCUT2D eigenvalue weighted by molar-refractivity contribution is 7.09. The number of benzene rings is 1. The van der Waals surface area contributed by atoms with Crippen molar-refractivity contribution in [1.29, 1.82) is 0 Å². The molecule has 0 saturated carbocycles. The van der Waals surface area contributed by atoms with Crippen molar-refractivity contribution in [3.05, 3.63) is 39.6 Å². The molecule has 1 aromatic heterocycles. The van der Waals surface area contributed by atoms with Gasteiger partial charge < -0.3 is 19.4 Å². The summed E-state index contributed by atoms with van der Waals surface area (Å²) in [6.07, 6.45) is 1.83. The Morgan fingerprint density at radius 3 is 2.41 bits per heavy atom. The third kappa shape index (κ3) is 4.97. The Balaban J connectivity index is 2.39. The topological polar surface area (TPSA) is 81.9 Å². The molecule has 0 bridgehead atoms. The molecular weight excluding hydrogens is 366 g/mol. The van der Waals surface area contributed by atoms with E-state index in [2.05, 4.69) is 10.3 Å². The van der Waals surface area contributed by atoms with Gasteiger partial charge in [-0.2, -0.15) is 4.99 Å². The zero-order valence-electron chi connectivity index (χ0n) is 16.4. The third-order valence-electron chi connectivity index (χ3n) is 3.85. The van der Waals surface area contributed by atoms with Crippen molar-refractivity contribution in [2.45, 2.75) is 39.8 Å². The Labute approximate surface area is 162 Å². The van der Waals surface area contributed by atoms with Crippen LogP contribution in [0.5, 0.6) is 11.5 Å². The van der Waals surface area contributed by atoms with E-state index in [1.807, 2.05) is 27.0 Å². The van der Waals surface area contributed by atoms with E-state index in [0.717, 1.165) is 4.88 Å². The minimum absolute atomic E-state index is 0.0362. The summed E-state index contributed by atoms with van der Waals surface area (Å²) in [5.74, 6) is 0.458. The maximum Gasteiger partial charge on any atom is 0.279 e. The predicted molar refractivity (Wildman–Crippen MR) is 104 cm³/mol. The summed E-state index contributed by atoms with van der Waals surface area (Å²) in [6, 6.07) is 4.44. The number of hydrogen-bond donors (Lipinski definition) is 1. The van der Waals surface area contributed by atoms with Gasteiger partial charge in [-0.1, -0.05) is 0 Å². The van der Waals surface area contributed by atoms with Gasteiger partial charge in [0.2, 0.25) is 5.91 Å². The van der Waals surface area contributed by atoms with Gasteiger partial charge >= 0.3 is 0 Å². The molecule has 0 aliphatic rings. The van der Waals surface area contributed by atoms with Gasteiger partial charge in [-0.15, -0.1) is 11.3 Å². The number of thiazole rings is 1. The summed E-state index contributed by atoms with van der Waals surface area (Å²) in [7, 11) is 3.04. The van der Waals surface area contributed by atoms with Gasteiger partial charge in [-0.3, -0.25) is 9.59 Å². The number of aryl methyl sites for hydroxylation is 1. The van der Waals surface area contributed by atoms with Gasteiger partial charge in [0.05, 0.1) is 14.2 Å². The molecule has 0 aliphatic carbocycles. The third-order valence-corrected chi connectivity index (χ3v) is 4.76. The van der Waals surface area contributed by atoms with Crippen LogP contribution in [0.15, 0.2) is 29.4 Å². The number of nitrogens with zero attached hydrogens (tertiary/aromatic N) is 2. The number of amides is 2. The van der Waals surface area contributed by atoms with Crippen LogP contribution in [0.1, 0.15) is 42.0 Å². The van der Waals surface area contributed by atoms with E-state index in [4.69, 9.17) is 9.47 Å². The van der Waals surface area contributed by atoms with Crippen LogP contribution in [-0.4, -0.2) is 36.6 Å². The van der Waals surface area contributed by atoms with Gasteiger partial charge in [0, 0.05) is 22.7 Å². The van der Waals surface area contributed by atoms with Gasteiger partial charge in [-0.25, -0.2) is 0 Å². The fourth-order valence-corrected chi connectivity index (χ4v) is 3.38. The van der Waals surface area contributed by atoms with Crippen LogP contribution >= 0.6 is 11.3 Å². The summed E-state index contributed by atoms with van der Waals surface area (Å²) in [6.45, 7) is 7.50. The number of ether oxygens (including phenoxy) is 2. The minimum Gasteiger partial charge on any atom is -0.493 e. The van der Waals surface area contributed by atoms with Crippen LogP contribution in [0.25, 0.3) is 0 Å². The van der Waals surface area contributed by atoms with Crippen molar-refractivity contribution in [3.8, 4) is 11.5 Å². The fourth-order valence-electron chi connectivity index (χ4n) is 2.48. The lowest BCUT2D eigenvalue weighted by Gasteiger charge is -2.15. The molecule has 2 amide bonds. The molecule has 1 aromatic carbocycles. The number of aromatic nitrogens is 1. The van der Waals surface area contributed by atoms with Crippen molar-refractivity contribution in [3.63, 3.8) is 0 Å². The number of rotatable bonds is 6. The Hall–Kier alpha value is -2.61. The molecule has 8 heteroatoms. The van der Waals surface area contributed by atoms with Crippen LogP contribution in [0.2, 0.25) is 0 Å². The molecule has 27 heavy (non-hydrogen) atoms. The highest BCUT2D eigenvalue weighted by Crippen LogP contribution is 2.27. The number of hydrogen-bond acceptors (Lipinski definition) is 5. The second-order valence-corrected chi connectivity index (χ2v) is 7.57. The van der Waals surface area contributed by atoms with Gasteiger partial charge in [0.25, 0.3) is 5.91 Å².